The van der Waals surface area contributed by atoms with Crippen LogP contribution in [-0.2, 0) is 5.11 Å². The highest BCUT2D eigenvalue weighted by molar-refractivity contribution is 4.83. The summed E-state index contributed by atoms with van der Waals surface area (Å²) in [5.41, 5.74) is -0.880. The zero-order chi connectivity index (χ0) is 7.71. The van der Waals surface area contributed by atoms with Gasteiger partial charge >= 0.3 is 0 Å². The molecule has 0 aromatic heterocycles. The third-order valence-electron chi connectivity index (χ3n) is 2.26. The van der Waals surface area contributed by atoms with E-state index in [4.69, 9.17) is 0 Å². The van der Waals surface area contributed by atoms with Crippen molar-refractivity contribution in [2.24, 2.45) is 5.41 Å². The molecule has 0 heterocycles. The lowest BCUT2D eigenvalue weighted by Gasteiger charge is -2.33. The normalized spacial score (nSPS) is 19.3. The summed E-state index contributed by atoms with van der Waals surface area (Å²) in [6.45, 7) is 9.68. The molecule has 1 nitrogen and oxygen atoms in total. The average Bonchev–Trinajstić information content (AvgIpc) is 1.64. The van der Waals surface area contributed by atoms with Gasteiger partial charge in [-0.1, -0.05) is 27.7 Å². The molecule has 0 aromatic rings. The fourth-order valence-corrected chi connectivity index (χ4v) is 0.530. The van der Waals surface area contributed by atoms with Gasteiger partial charge in [0.15, 0.2) is 0 Å². The summed E-state index contributed by atoms with van der Waals surface area (Å²) in [6.07, 6.45) is 0.705. The minimum Gasteiger partial charge on any atom is -0.229 e. The van der Waals surface area contributed by atoms with Crippen LogP contribution in [0, 0.1) is 5.41 Å². The Hall–Kier alpha value is -0.0400. The molecule has 0 fully saturated rings. The van der Waals surface area contributed by atoms with Crippen molar-refractivity contribution in [3.63, 3.8) is 0 Å². The zero-order valence-corrected chi connectivity index (χ0v) is 7.12. The van der Waals surface area contributed by atoms with Gasteiger partial charge in [-0.2, -0.15) is 0 Å². The fourth-order valence-electron chi connectivity index (χ4n) is 0.530. The number of rotatable bonds is 1. The minimum absolute atomic E-state index is 0.109. The van der Waals surface area contributed by atoms with E-state index >= 15 is 0 Å². The molecule has 9 heavy (non-hydrogen) atoms. The van der Waals surface area contributed by atoms with Gasteiger partial charge in [-0.25, -0.2) is 5.11 Å². The monoisotopic (exact) mass is 129 g/mol. The van der Waals surface area contributed by atoms with Gasteiger partial charge in [-0.05, 0) is 18.8 Å². The van der Waals surface area contributed by atoms with E-state index in [1.54, 1.807) is 6.92 Å². The number of hydrogen-bond donors (Lipinski definition) is 0. The lowest BCUT2D eigenvalue weighted by atomic mass is 9.76. The maximum Gasteiger partial charge on any atom is 0.105 e. The lowest BCUT2D eigenvalue weighted by molar-refractivity contribution is -0.0989. The lowest BCUT2D eigenvalue weighted by Crippen LogP contribution is -2.37. The Bertz CT molecular complexity index is 87.2. The van der Waals surface area contributed by atoms with E-state index in [1.165, 1.54) is 0 Å². The van der Waals surface area contributed by atoms with Gasteiger partial charge in [-0.15, -0.1) is 0 Å². The van der Waals surface area contributed by atoms with Gasteiger partial charge in [0.1, 0.15) is 5.60 Å². The molecule has 0 saturated carbocycles. The topological polar surface area (TPSA) is 19.9 Å². The molecular weight excluding hydrogens is 112 g/mol. The molecule has 0 aliphatic heterocycles. The van der Waals surface area contributed by atoms with Crippen molar-refractivity contribution < 1.29 is 5.11 Å². The Morgan fingerprint density at radius 1 is 1.11 bits per heavy atom. The van der Waals surface area contributed by atoms with E-state index < -0.39 is 5.60 Å². The molecule has 0 aliphatic rings. The van der Waals surface area contributed by atoms with Crippen molar-refractivity contribution >= 4 is 0 Å². The minimum atomic E-state index is -0.771. The summed E-state index contributed by atoms with van der Waals surface area (Å²) in [5, 5.41) is 11.5. The Labute approximate surface area is 58.1 Å². The van der Waals surface area contributed by atoms with E-state index in [0.717, 1.165) is 0 Å². The summed E-state index contributed by atoms with van der Waals surface area (Å²) >= 11 is 0. The van der Waals surface area contributed by atoms with Gasteiger partial charge in [-0.3, -0.25) is 0 Å². The van der Waals surface area contributed by atoms with Crippen LogP contribution in [0.15, 0.2) is 0 Å². The second-order valence-corrected chi connectivity index (χ2v) is 3.83. The van der Waals surface area contributed by atoms with Crippen LogP contribution in [0.1, 0.15) is 41.0 Å². The van der Waals surface area contributed by atoms with Crippen molar-refractivity contribution in [2.45, 2.75) is 46.6 Å². The first-order valence-electron chi connectivity index (χ1n) is 3.51. The maximum absolute atomic E-state index is 11.5. The van der Waals surface area contributed by atoms with Crippen LogP contribution in [0.25, 0.3) is 0 Å². The Balaban J connectivity index is 4.14. The van der Waals surface area contributed by atoms with Crippen molar-refractivity contribution in [3.8, 4) is 0 Å². The van der Waals surface area contributed by atoms with Crippen LogP contribution >= 0.6 is 0 Å². The first kappa shape index (κ1) is 8.96. The van der Waals surface area contributed by atoms with Crippen LogP contribution in [0.2, 0.25) is 0 Å². The number of hydrogen-bond acceptors (Lipinski definition) is 0. The molecule has 0 N–H and O–H groups in total. The van der Waals surface area contributed by atoms with Crippen LogP contribution in [0.3, 0.4) is 0 Å². The van der Waals surface area contributed by atoms with Crippen molar-refractivity contribution in [2.75, 3.05) is 0 Å². The van der Waals surface area contributed by atoms with Gasteiger partial charge in [0.25, 0.3) is 0 Å². The van der Waals surface area contributed by atoms with Crippen LogP contribution in [-0.4, -0.2) is 5.60 Å². The molecule has 1 unspecified atom stereocenters. The summed E-state index contributed by atoms with van der Waals surface area (Å²) in [5.74, 6) is 0. The third kappa shape index (κ3) is 1.98. The molecule has 55 valence electrons. The van der Waals surface area contributed by atoms with Crippen molar-refractivity contribution in [1.29, 1.82) is 0 Å². The molecule has 1 radical (unpaired) electrons. The van der Waals surface area contributed by atoms with E-state index in [9.17, 15) is 5.11 Å². The van der Waals surface area contributed by atoms with Gasteiger partial charge < -0.3 is 0 Å². The molecule has 1 heteroatoms. The molecule has 0 bridgehead atoms. The Morgan fingerprint density at radius 3 is 1.44 bits per heavy atom. The third-order valence-corrected chi connectivity index (χ3v) is 2.26. The van der Waals surface area contributed by atoms with Crippen LogP contribution < -0.4 is 0 Å². The highest BCUT2D eigenvalue weighted by atomic mass is 16.3. The van der Waals surface area contributed by atoms with Crippen molar-refractivity contribution in [3.05, 3.63) is 0 Å². The highest BCUT2D eigenvalue weighted by Crippen LogP contribution is 2.32. The Kier molecular flexibility index (Phi) is 2.29. The largest absolute Gasteiger partial charge is 0.229 e. The Morgan fingerprint density at radius 2 is 1.44 bits per heavy atom. The molecule has 1 atom stereocenters. The van der Waals surface area contributed by atoms with E-state index in [-0.39, 0.29) is 5.41 Å². The van der Waals surface area contributed by atoms with Gasteiger partial charge in [0.05, 0.1) is 0 Å². The first-order valence-corrected chi connectivity index (χ1v) is 3.51. The maximum atomic E-state index is 11.5. The van der Waals surface area contributed by atoms with Crippen molar-refractivity contribution in [1.82, 2.24) is 0 Å². The summed E-state index contributed by atoms with van der Waals surface area (Å²) in [6, 6.07) is 0. The van der Waals surface area contributed by atoms with E-state index in [2.05, 4.69) is 0 Å². The first-order chi connectivity index (χ1) is 3.81. The molecule has 0 rings (SSSR count). The molecule has 0 saturated heterocycles. The fraction of sp³-hybridized carbons (Fsp3) is 1.00. The highest BCUT2D eigenvalue weighted by Gasteiger charge is 2.34. The van der Waals surface area contributed by atoms with Crippen LogP contribution in [0.4, 0.5) is 0 Å². The molecule has 0 amide bonds. The summed E-state index contributed by atoms with van der Waals surface area (Å²) in [4.78, 5) is 0. The van der Waals surface area contributed by atoms with E-state index in [0.29, 0.717) is 6.42 Å². The molecule has 0 aliphatic carbocycles. The second kappa shape index (κ2) is 2.30. The van der Waals surface area contributed by atoms with E-state index in [1.807, 2.05) is 27.7 Å². The smallest absolute Gasteiger partial charge is 0.105 e. The predicted molar refractivity (Wildman–Crippen MR) is 38.8 cm³/mol. The molecule has 0 aromatic carbocycles. The zero-order valence-electron chi connectivity index (χ0n) is 7.12. The van der Waals surface area contributed by atoms with Gasteiger partial charge in [0.2, 0.25) is 0 Å². The quantitative estimate of drug-likeness (QED) is 0.518. The second-order valence-electron chi connectivity index (χ2n) is 3.83. The van der Waals surface area contributed by atoms with Crippen LogP contribution in [0.5, 0.6) is 0 Å². The summed E-state index contributed by atoms with van der Waals surface area (Å²) in [7, 11) is 0. The standard InChI is InChI=1S/C8H17O/c1-6-8(5,9)7(2,3)4/h6H2,1-5H3. The summed E-state index contributed by atoms with van der Waals surface area (Å²) < 4.78 is 0. The predicted octanol–water partition coefficient (Wildman–Crippen LogP) is 2.63. The molecular formula is C8H17O. The van der Waals surface area contributed by atoms with Gasteiger partial charge in [0, 0.05) is 0 Å². The SMILES string of the molecule is CCC(C)([O])C(C)(C)C. The molecule has 0 spiro atoms. The average molecular weight is 129 g/mol.